The van der Waals surface area contributed by atoms with Crippen LogP contribution in [0, 0.1) is 0 Å². The number of nitrogens with zero attached hydrogens (tertiary/aromatic N) is 3. The van der Waals surface area contributed by atoms with Crippen LogP contribution in [-0.4, -0.2) is 74.8 Å². The summed E-state index contributed by atoms with van der Waals surface area (Å²) < 4.78 is 40.9. The number of hydrogen-bond acceptors (Lipinski definition) is 8. The van der Waals surface area contributed by atoms with Gasteiger partial charge < -0.3 is 24.6 Å². The second-order valence-corrected chi connectivity index (χ2v) is 13.6. The molecule has 0 spiro atoms. The minimum Gasteiger partial charge on any atom is -0.488 e. The van der Waals surface area contributed by atoms with Crippen molar-refractivity contribution in [3.8, 4) is 5.75 Å². The molecule has 2 aliphatic rings. The molecule has 0 unspecified atom stereocenters. The van der Waals surface area contributed by atoms with Crippen molar-refractivity contribution in [3.05, 3.63) is 72.2 Å². The molecule has 3 atom stereocenters. The summed E-state index contributed by atoms with van der Waals surface area (Å²) in [5.74, 6) is -0.769. The van der Waals surface area contributed by atoms with Gasteiger partial charge in [0.15, 0.2) is 5.82 Å². The number of rotatable bonds is 13. The summed E-state index contributed by atoms with van der Waals surface area (Å²) in [7, 11) is -4.66. The summed E-state index contributed by atoms with van der Waals surface area (Å²) in [6.07, 6.45) is 10.4. The number of carbonyl (C=O) groups excluding carboxylic acids is 2. The first-order valence-corrected chi connectivity index (χ1v) is 17.5. The number of carboxylic acids is 1. The zero-order chi connectivity index (χ0) is 32.8. The lowest BCUT2D eigenvalue weighted by atomic mass is 10.1. The summed E-state index contributed by atoms with van der Waals surface area (Å²) in [5.41, 5.74) is 0.671. The van der Waals surface area contributed by atoms with Gasteiger partial charge in [0.1, 0.15) is 28.8 Å². The first-order chi connectivity index (χ1) is 22.1. The van der Waals surface area contributed by atoms with Crippen molar-refractivity contribution in [1.29, 1.82) is 0 Å². The van der Waals surface area contributed by atoms with E-state index in [0.29, 0.717) is 18.6 Å². The number of hydrogen-bond donors (Lipinski definition) is 3. The fourth-order valence-corrected chi connectivity index (χ4v) is 7.31. The molecule has 244 valence electrons. The molecule has 2 aliphatic heterocycles. The van der Waals surface area contributed by atoms with Gasteiger partial charge in [-0.15, -0.1) is 11.8 Å². The number of unbranched alkanes of at least 4 members (excludes halogenated alkanes) is 3. The summed E-state index contributed by atoms with van der Waals surface area (Å²) in [6.45, 7) is 2.17. The summed E-state index contributed by atoms with van der Waals surface area (Å²) in [4.78, 5) is 45.5. The molecule has 12 nitrogen and oxygen atoms in total. The normalized spacial score (nSPS) is 18.2. The summed E-state index contributed by atoms with van der Waals surface area (Å²) in [5, 5.41) is 12.6. The van der Waals surface area contributed by atoms with E-state index in [0.717, 1.165) is 41.5 Å². The van der Waals surface area contributed by atoms with E-state index in [2.05, 4.69) is 17.2 Å². The Morgan fingerprint density at radius 1 is 1.13 bits per heavy atom. The molecule has 46 heavy (non-hydrogen) atoms. The first-order valence-electron chi connectivity index (χ1n) is 15.1. The lowest BCUT2D eigenvalue weighted by Gasteiger charge is -2.27. The van der Waals surface area contributed by atoms with Gasteiger partial charge in [0.05, 0.1) is 18.4 Å². The average Bonchev–Trinajstić information content (AvgIpc) is 3.68. The quantitative estimate of drug-likeness (QED) is 0.164. The Labute approximate surface area is 271 Å². The standard InChI is InChI=1S/C32H36N4O8S2/c1-2-3-4-5-12-24(35-19-29(33-20-35)34-30(37)23-10-6-7-15-28(23)46(41,42)43)31(38)36-18-21(17-25(36)32(39)40)44-26-13-8-14-27-22(26)11-9-16-45-27/h6-11,13-15,19-21,24-25H,2-5,12,16-18H2,1H3,(H,34,37)(H,39,40)(H,41,42,43)/t21-,24+,25-/m0/s1. The number of imidazole rings is 1. The smallest absolute Gasteiger partial charge is 0.326 e. The molecule has 0 radical (unpaired) electrons. The van der Waals surface area contributed by atoms with E-state index in [1.165, 1.54) is 35.6 Å². The van der Waals surface area contributed by atoms with Gasteiger partial charge in [-0.05, 0) is 30.7 Å². The molecular formula is C32H36N4O8S2. The third kappa shape index (κ3) is 7.62. The third-order valence-corrected chi connectivity index (χ3v) is 9.94. The second-order valence-electron chi connectivity index (χ2n) is 11.2. The van der Waals surface area contributed by atoms with Gasteiger partial charge in [-0.1, -0.05) is 63.0 Å². The number of anilines is 1. The van der Waals surface area contributed by atoms with Crippen molar-refractivity contribution < 1.29 is 37.2 Å². The highest BCUT2D eigenvalue weighted by Crippen LogP contribution is 2.37. The van der Waals surface area contributed by atoms with Crippen LogP contribution in [0.3, 0.4) is 0 Å². The molecule has 14 heteroatoms. The van der Waals surface area contributed by atoms with E-state index >= 15 is 0 Å². The number of thioether (sulfide) groups is 1. The van der Waals surface area contributed by atoms with Crippen LogP contribution >= 0.6 is 11.8 Å². The van der Waals surface area contributed by atoms with Crippen molar-refractivity contribution in [3.63, 3.8) is 0 Å². The van der Waals surface area contributed by atoms with Crippen LogP contribution in [0.25, 0.3) is 6.08 Å². The molecule has 0 bridgehead atoms. The highest BCUT2D eigenvalue weighted by Gasteiger charge is 2.43. The van der Waals surface area contributed by atoms with Gasteiger partial charge in [0.25, 0.3) is 16.0 Å². The summed E-state index contributed by atoms with van der Waals surface area (Å²) in [6, 6.07) is 9.09. The lowest BCUT2D eigenvalue weighted by Crippen LogP contribution is -2.44. The van der Waals surface area contributed by atoms with E-state index in [-0.39, 0.29) is 24.3 Å². The van der Waals surface area contributed by atoms with Crippen LogP contribution in [0.5, 0.6) is 5.75 Å². The topological polar surface area (TPSA) is 168 Å². The van der Waals surface area contributed by atoms with Crippen molar-refractivity contribution in [2.75, 3.05) is 17.6 Å². The molecule has 3 heterocycles. The van der Waals surface area contributed by atoms with Crippen molar-refractivity contribution in [2.45, 2.75) is 73.4 Å². The number of aromatic nitrogens is 2. The van der Waals surface area contributed by atoms with E-state index in [9.17, 15) is 32.5 Å². The first kappa shape index (κ1) is 33.2. The minimum absolute atomic E-state index is 0.0543. The molecular weight excluding hydrogens is 633 g/mol. The maximum atomic E-state index is 14.1. The number of nitrogens with one attached hydrogen (secondary N) is 1. The van der Waals surface area contributed by atoms with Crippen LogP contribution < -0.4 is 10.1 Å². The number of aliphatic carboxylic acids is 1. The molecule has 0 saturated carbocycles. The Balaban J connectivity index is 1.36. The average molecular weight is 669 g/mol. The van der Waals surface area contributed by atoms with E-state index in [1.807, 2.05) is 30.4 Å². The highest BCUT2D eigenvalue weighted by atomic mass is 32.2. The number of fused-ring (bicyclic) bond motifs is 1. The Morgan fingerprint density at radius 2 is 1.93 bits per heavy atom. The fraction of sp³-hybridized carbons (Fsp3) is 0.375. The SMILES string of the molecule is CCCCCC[C@H](C(=O)N1C[C@@H](Oc2cccc3c2C=CCS3)C[C@H]1C(=O)O)n1cnc(NC(=O)c2ccccc2S(=O)(=O)O)c1. The maximum absolute atomic E-state index is 14.1. The predicted octanol–water partition coefficient (Wildman–Crippen LogP) is 5.15. The zero-order valence-electron chi connectivity index (χ0n) is 25.2. The molecule has 3 aromatic rings. The van der Waals surface area contributed by atoms with Crippen LogP contribution in [-0.2, 0) is 19.7 Å². The molecule has 1 saturated heterocycles. The van der Waals surface area contributed by atoms with Gasteiger partial charge in [0.2, 0.25) is 5.91 Å². The molecule has 2 amide bonds. The van der Waals surface area contributed by atoms with Crippen molar-refractivity contribution >= 4 is 51.6 Å². The van der Waals surface area contributed by atoms with Crippen LogP contribution in [0.15, 0.2) is 70.9 Å². The minimum atomic E-state index is -4.66. The Bertz CT molecular complexity index is 1740. The van der Waals surface area contributed by atoms with E-state index in [1.54, 1.807) is 16.3 Å². The summed E-state index contributed by atoms with van der Waals surface area (Å²) >= 11 is 1.69. The Hall–Kier alpha value is -4.14. The zero-order valence-corrected chi connectivity index (χ0v) is 26.9. The molecule has 2 aromatic carbocycles. The molecule has 3 N–H and O–H groups in total. The number of carbonyl (C=O) groups is 3. The number of ether oxygens (including phenoxy) is 1. The Kier molecular flexibility index (Phi) is 10.5. The van der Waals surface area contributed by atoms with Crippen LogP contribution in [0.1, 0.15) is 67.4 Å². The monoisotopic (exact) mass is 668 g/mol. The molecule has 1 fully saturated rings. The van der Waals surface area contributed by atoms with Crippen LogP contribution in [0.2, 0.25) is 0 Å². The number of benzene rings is 2. The van der Waals surface area contributed by atoms with Crippen LogP contribution in [0.4, 0.5) is 5.82 Å². The van der Waals surface area contributed by atoms with Crippen molar-refractivity contribution in [1.82, 2.24) is 14.5 Å². The maximum Gasteiger partial charge on any atom is 0.326 e. The van der Waals surface area contributed by atoms with Gasteiger partial charge >= 0.3 is 5.97 Å². The fourth-order valence-electron chi connectivity index (χ4n) is 5.75. The predicted molar refractivity (Wildman–Crippen MR) is 173 cm³/mol. The van der Waals surface area contributed by atoms with Gasteiger partial charge in [0, 0.05) is 28.8 Å². The Morgan fingerprint density at radius 3 is 2.70 bits per heavy atom. The third-order valence-electron chi connectivity index (χ3n) is 8.00. The van der Waals surface area contributed by atoms with E-state index < -0.39 is 51.0 Å². The van der Waals surface area contributed by atoms with Crippen molar-refractivity contribution in [2.24, 2.45) is 0 Å². The lowest BCUT2D eigenvalue weighted by molar-refractivity contribution is -0.149. The molecule has 5 rings (SSSR count). The van der Waals surface area contributed by atoms with Gasteiger partial charge in [-0.25, -0.2) is 9.78 Å². The van der Waals surface area contributed by atoms with Gasteiger partial charge in [-0.2, -0.15) is 8.42 Å². The second kappa shape index (κ2) is 14.5. The van der Waals surface area contributed by atoms with E-state index in [4.69, 9.17) is 4.74 Å². The molecule has 1 aromatic heterocycles. The largest absolute Gasteiger partial charge is 0.488 e. The number of carboxylic acid groups (broad SMARTS) is 1. The molecule has 0 aliphatic carbocycles. The number of amides is 2. The number of likely N-dealkylation sites (tertiary alicyclic amines) is 1. The van der Waals surface area contributed by atoms with Gasteiger partial charge in [-0.3, -0.25) is 14.1 Å². The highest BCUT2D eigenvalue weighted by molar-refractivity contribution is 7.99.